The highest BCUT2D eigenvalue weighted by molar-refractivity contribution is 5.14. The van der Waals surface area contributed by atoms with E-state index in [9.17, 15) is 5.11 Å². The number of aliphatic hydroxyl groups is 1. The normalized spacial score (nSPS) is 30.5. The molecule has 1 fully saturated rings. The van der Waals surface area contributed by atoms with Crippen LogP contribution in [0.4, 0.5) is 0 Å². The molecule has 1 heterocycles. The number of hydrogen-bond acceptors (Lipinski definition) is 1. The maximum absolute atomic E-state index is 10.3. The van der Waals surface area contributed by atoms with E-state index in [1.165, 1.54) is 6.42 Å². The van der Waals surface area contributed by atoms with Gasteiger partial charge in [-0.15, -0.1) is 0 Å². The van der Waals surface area contributed by atoms with Gasteiger partial charge in [0.15, 0.2) is 0 Å². The first-order valence-electron chi connectivity index (χ1n) is 6.16. The standard InChI is InChI=1S/C13H22NO/c1-14-9-7-12(8-10-14)13(15)11-5-3-2-4-6-11/h2-3,11-13,15H,1,4-10H2/q+1. The molecule has 0 saturated carbocycles. The quantitative estimate of drug-likeness (QED) is 0.543. The molecule has 0 bridgehead atoms. The highest BCUT2D eigenvalue weighted by atomic mass is 16.3. The zero-order chi connectivity index (χ0) is 10.7. The summed E-state index contributed by atoms with van der Waals surface area (Å²) >= 11 is 0. The van der Waals surface area contributed by atoms with Crippen molar-refractivity contribution in [2.45, 2.75) is 38.2 Å². The predicted molar refractivity (Wildman–Crippen MR) is 62.3 cm³/mol. The molecule has 1 aliphatic heterocycles. The fourth-order valence-corrected chi connectivity index (χ4v) is 2.81. The minimum absolute atomic E-state index is 0.0800. The third kappa shape index (κ3) is 2.69. The minimum atomic E-state index is -0.0800. The van der Waals surface area contributed by atoms with Crippen LogP contribution in [-0.2, 0) is 0 Å². The summed E-state index contributed by atoms with van der Waals surface area (Å²) < 4.78 is 2.12. The maximum atomic E-state index is 10.3. The van der Waals surface area contributed by atoms with Gasteiger partial charge in [-0.25, -0.2) is 4.58 Å². The summed E-state index contributed by atoms with van der Waals surface area (Å²) in [6, 6.07) is 0. The summed E-state index contributed by atoms with van der Waals surface area (Å²) in [7, 11) is 0. The van der Waals surface area contributed by atoms with Gasteiger partial charge in [-0.1, -0.05) is 12.2 Å². The Labute approximate surface area is 92.3 Å². The number of piperidine rings is 1. The molecule has 2 unspecified atom stereocenters. The van der Waals surface area contributed by atoms with Crippen molar-refractivity contribution in [2.24, 2.45) is 11.8 Å². The van der Waals surface area contributed by atoms with Crippen LogP contribution in [0.25, 0.3) is 0 Å². The molecular formula is C13H22NO+. The van der Waals surface area contributed by atoms with E-state index in [-0.39, 0.29) is 6.10 Å². The Balaban J connectivity index is 1.87. The highest BCUT2D eigenvalue weighted by Gasteiger charge is 2.31. The van der Waals surface area contributed by atoms with Crippen LogP contribution in [0.15, 0.2) is 12.2 Å². The van der Waals surface area contributed by atoms with Crippen LogP contribution in [0.2, 0.25) is 0 Å². The summed E-state index contributed by atoms with van der Waals surface area (Å²) in [6.45, 7) is 6.04. The second-order valence-electron chi connectivity index (χ2n) is 4.99. The van der Waals surface area contributed by atoms with Gasteiger partial charge in [0.1, 0.15) is 19.8 Å². The Morgan fingerprint density at radius 3 is 2.47 bits per heavy atom. The maximum Gasteiger partial charge on any atom is 0.142 e. The van der Waals surface area contributed by atoms with Crippen molar-refractivity contribution in [3.8, 4) is 0 Å². The van der Waals surface area contributed by atoms with Crippen LogP contribution >= 0.6 is 0 Å². The van der Waals surface area contributed by atoms with Crippen LogP contribution in [-0.4, -0.2) is 35.6 Å². The van der Waals surface area contributed by atoms with Gasteiger partial charge in [0, 0.05) is 12.8 Å². The molecule has 1 N–H and O–H groups in total. The molecule has 0 amide bonds. The second kappa shape index (κ2) is 4.93. The van der Waals surface area contributed by atoms with Crippen molar-refractivity contribution >= 4 is 6.72 Å². The van der Waals surface area contributed by atoms with Gasteiger partial charge in [-0.05, 0) is 31.1 Å². The van der Waals surface area contributed by atoms with Crippen LogP contribution < -0.4 is 0 Å². The Morgan fingerprint density at radius 1 is 1.13 bits per heavy atom. The van der Waals surface area contributed by atoms with Gasteiger partial charge in [0.25, 0.3) is 0 Å². The molecule has 2 nitrogen and oxygen atoms in total. The van der Waals surface area contributed by atoms with E-state index < -0.39 is 0 Å². The van der Waals surface area contributed by atoms with Crippen molar-refractivity contribution in [1.29, 1.82) is 0 Å². The zero-order valence-electron chi connectivity index (χ0n) is 9.44. The van der Waals surface area contributed by atoms with E-state index in [0.717, 1.165) is 38.8 Å². The van der Waals surface area contributed by atoms with Crippen molar-refractivity contribution in [1.82, 2.24) is 0 Å². The molecule has 0 radical (unpaired) electrons. The monoisotopic (exact) mass is 208 g/mol. The largest absolute Gasteiger partial charge is 0.393 e. The lowest BCUT2D eigenvalue weighted by Crippen LogP contribution is -2.36. The van der Waals surface area contributed by atoms with Crippen LogP contribution in [0.1, 0.15) is 32.1 Å². The first-order valence-corrected chi connectivity index (χ1v) is 6.16. The van der Waals surface area contributed by atoms with Crippen molar-refractivity contribution in [2.75, 3.05) is 13.1 Å². The van der Waals surface area contributed by atoms with Gasteiger partial charge >= 0.3 is 0 Å². The summed E-state index contributed by atoms with van der Waals surface area (Å²) in [5.41, 5.74) is 0. The average molecular weight is 208 g/mol. The van der Waals surface area contributed by atoms with Crippen molar-refractivity contribution < 1.29 is 9.68 Å². The molecule has 2 heteroatoms. The predicted octanol–water partition coefficient (Wildman–Crippen LogP) is 1.83. The minimum Gasteiger partial charge on any atom is -0.393 e. The molecule has 15 heavy (non-hydrogen) atoms. The second-order valence-corrected chi connectivity index (χ2v) is 4.99. The first-order chi connectivity index (χ1) is 7.27. The van der Waals surface area contributed by atoms with Gasteiger partial charge in [0.05, 0.1) is 6.10 Å². The molecule has 0 aromatic carbocycles. The van der Waals surface area contributed by atoms with Crippen molar-refractivity contribution in [3.05, 3.63) is 12.2 Å². The lowest BCUT2D eigenvalue weighted by molar-refractivity contribution is -0.534. The van der Waals surface area contributed by atoms with E-state index >= 15 is 0 Å². The molecule has 0 spiro atoms. The van der Waals surface area contributed by atoms with E-state index in [0.29, 0.717) is 11.8 Å². The first kappa shape index (κ1) is 10.9. The SMILES string of the molecule is C=[N+]1CCC(C(O)C2CC=CCC2)CC1. The molecular weight excluding hydrogens is 186 g/mol. The number of aliphatic hydroxyl groups excluding tert-OH is 1. The molecule has 0 aromatic heterocycles. The average Bonchev–Trinajstić information content (AvgIpc) is 2.30. The molecule has 2 rings (SSSR count). The topological polar surface area (TPSA) is 23.2 Å². The van der Waals surface area contributed by atoms with Crippen LogP contribution in [0, 0.1) is 11.8 Å². The van der Waals surface area contributed by atoms with Gasteiger partial charge in [-0.2, -0.15) is 0 Å². The molecule has 0 aromatic rings. The molecule has 2 aliphatic rings. The Hall–Kier alpha value is -0.630. The van der Waals surface area contributed by atoms with Gasteiger partial charge < -0.3 is 5.11 Å². The molecule has 84 valence electrons. The number of allylic oxidation sites excluding steroid dienone is 2. The fraction of sp³-hybridized carbons (Fsp3) is 0.769. The Kier molecular flexibility index (Phi) is 3.57. The third-order valence-electron chi connectivity index (χ3n) is 3.91. The summed E-state index contributed by atoms with van der Waals surface area (Å²) in [5, 5.41) is 10.3. The van der Waals surface area contributed by atoms with Crippen molar-refractivity contribution in [3.63, 3.8) is 0 Å². The number of nitrogens with zero attached hydrogens (tertiary/aromatic N) is 1. The zero-order valence-corrected chi connectivity index (χ0v) is 9.44. The fourth-order valence-electron chi connectivity index (χ4n) is 2.81. The molecule has 1 saturated heterocycles. The summed E-state index contributed by atoms with van der Waals surface area (Å²) in [5.74, 6) is 1.02. The number of rotatable bonds is 2. The third-order valence-corrected chi connectivity index (χ3v) is 3.91. The summed E-state index contributed by atoms with van der Waals surface area (Å²) in [6.07, 6.45) is 10.0. The Bertz CT molecular complexity index is 249. The van der Waals surface area contributed by atoms with Crippen LogP contribution in [0.5, 0.6) is 0 Å². The van der Waals surface area contributed by atoms with Crippen LogP contribution in [0.3, 0.4) is 0 Å². The lowest BCUT2D eigenvalue weighted by atomic mass is 9.79. The van der Waals surface area contributed by atoms with E-state index in [1.54, 1.807) is 0 Å². The number of hydrogen-bond donors (Lipinski definition) is 1. The van der Waals surface area contributed by atoms with Gasteiger partial charge in [0.2, 0.25) is 0 Å². The van der Waals surface area contributed by atoms with E-state index in [1.807, 2.05) is 0 Å². The van der Waals surface area contributed by atoms with E-state index in [4.69, 9.17) is 0 Å². The summed E-state index contributed by atoms with van der Waals surface area (Å²) in [4.78, 5) is 0. The van der Waals surface area contributed by atoms with Gasteiger partial charge in [-0.3, -0.25) is 0 Å². The molecule has 2 atom stereocenters. The van der Waals surface area contributed by atoms with E-state index in [2.05, 4.69) is 23.4 Å². The Morgan fingerprint density at radius 2 is 1.87 bits per heavy atom. The lowest BCUT2D eigenvalue weighted by Gasteiger charge is -2.31. The smallest absolute Gasteiger partial charge is 0.142 e. The highest BCUT2D eigenvalue weighted by Crippen LogP contribution is 2.30. The molecule has 1 aliphatic carbocycles.